The third kappa shape index (κ3) is 2.48. The Labute approximate surface area is 111 Å². The minimum Gasteiger partial charge on any atom is -0.459 e. The maximum absolute atomic E-state index is 11.7. The van der Waals surface area contributed by atoms with Crippen LogP contribution in [0, 0.1) is 18.8 Å². The van der Waals surface area contributed by atoms with Crippen LogP contribution in [0.15, 0.2) is 11.5 Å². The van der Waals surface area contributed by atoms with E-state index in [0.717, 1.165) is 23.0 Å². The van der Waals surface area contributed by atoms with Crippen LogP contribution in [0.3, 0.4) is 0 Å². The number of hydrogen-bond acceptors (Lipinski definition) is 4. The van der Waals surface area contributed by atoms with Crippen molar-refractivity contribution in [2.45, 2.75) is 38.7 Å². The minimum atomic E-state index is -0.224. The average molecular weight is 263 g/mol. The lowest BCUT2D eigenvalue weighted by molar-refractivity contribution is -0.145. The number of esters is 1. The smallest absolute Gasteiger partial charge is 0.331 e. The van der Waals surface area contributed by atoms with Gasteiger partial charge < -0.3 is 4.74 Å². The lowest BCUT2D eigenvalue weighted by Crippen LogP contribution is -2.23. The SMILES string of the molecule is Cc1nc(/C=C/C(=O)OC2CC3CCC2C3)cs1. The number of rotatable bonds is 3. The topological polar surface area (TPSA) is 39.2 Å². The van der Waals surface area contributed by atoms with Gasteiger partial charge in [-0.2, -0.15) is 0 Å². The number of carbonyl (C=O) groups excluding carboxylic acids is 1. The summed E-state index contributed by atoms with van der Waals surface area (Å²) < 4.78 is 5.52. The van der Waals surface area contributed by atoms with Gasteiger partial charge in [0, 0.05) is 11.5 Å². The standard InChI is InChI=1S/C14H17NO2S/c1-9-15-12(8-18-9)4-5-14(16)17-13-7-10-2-3-11(13)6-10/h4-5,8,10-11,13H,2-3,6-7H2,1H3/b5-4+. The molecule has 0 saturated heterocycles. The number of hydrogen-bond donors (Lipinski definition) is 0. The van der Waals surface area contributed by atoms with Crippen LogP contribution in [0.25, 0.3) is 6.08 Å². The van der Waals surface area contributed by atoms with E-state index in [-0.39, 0.29) is 12.1 Å². The summed E-state index contributed by atoms with van der Waals surface area (Å²) in [5, 5.41) is 2.95. The number of ether oxygens (including phenoxy) is 1. The van der Waals surface area contributed by atoms with Crippen molar-refractivity contribution in [3.63, 3.8) is 0 Å². The molecule has 3 rings (SSSR count). The molecule has 3 nitrogen and oxygen atoms in total. The zero-order valence-corrected chi connectivity index (χ0v) is 11.3. The molecule has 2 aliphatic rings. The van der Waals surface area contributed by atoms with Crippen LogP contribution in [0.5, 0.6) is 0 Å². The van der Waals surface area contributed by atoms with E-state index < -0.39 is 0 Å². The van der Waals surface area contributed by atoms with E-state index in [9.17, 15) is 4.79 Å². The molecule has 0 amide bonds. The first kappa shape index (κ1) is 11.9. The Morgan fingerprint density at radius 2 is 2.39 bits per heavy atom. The zero-order valence-electron chi connectivity index (χ0n) is 10.5. The summed E-state index contributed by atoms with van der Waals surface area (Å²) in [7, 11) is 0. The zero-order chi connectivity index (χ0) is 12.5. The fraction of sp³-hybridized carbons (Fsp3) is 0.571. The van der Waals surface area contributed by atoms with Crippen LogP contribution >= 0.6 is 11.3 Å². The van der Waals surface area contributed by atoms with E-state index in [1.807, 2.05) is 12.3 Å². The summed E-state index contributed by atoms with van der Waals surface area (Å²) in [6.45, 7) is 1.95. The van der Waals surface area contributed by atoms with Gasteiger partial charge >= 0.3 is 5.97 Å². The number of thiazole rings is 1. The van der Waals surface area contributed by atoms with Crippen LogP contribution in [0.1, 0.15) is 36.4 Å². The van der Waals surface area contributed by atoms with Crippen molar-refractivity contribution in [2.75, 3.05) is 0 Å². The first-order valence-corrected chi connectivity index (χ1v) is 7.39. The molecule has 2 aliphatic carbocycles. The third-order valence-electron chi connectivity index (χ3n) is 3.97. The van der Waals surface area contributed by atoms with Crippen LogP contribution < -0.4 is 0 Å². The van der Waals surface area contributed by atoms with E-state index in [2.05, 4.69) is 4.98 Å². The fourth-order valence-electron chi connectivity index (χ4n) is 3.13. The second-order valence-corrected chi connectivity index (χ2v) is 6.34. The first-order valence-electron chi connectivity index (χ1n) is 6.51. The maximum Gasteiger partial charge on any atom is 0.331 e. The fourth-order valence-corrected chi connectivity index (χ4v) is 3.71. The Morgan fingerprint density at radius 1 is 1.50 bits per heavy atom. The third-order valence-corrected chi connectivity index (χ3v) is 4.76. The summed E-state index contributed by atoms with van der Waals surface area (Å²) in [5.41, 5.74) is 0.836. The highest BCUT2D eigenvalue weighted by atomic mass is 32.1. The molecule has 0 radical (unpaired) electrons. The molecule has 0 N–H and O–H groups in total. The molecule has 2 fully saturated rings. The molecule has 0 aromatic carbocycles. The lowest BCUT2D eigenvalue weighted by atomic mass is 9.98. The molecule has 18 heavy (non-hydrogen) atoms. The Hall–Kier alpha value is -1.16. The molecular weight excluding hydrogens is 246 g/mol. The van der Waals surface area contributed by atoms with Gasteiger partial charge in [-0.05, 0) is 50.5 Å². The first-order chi connectivity index (χ1) is 8.70. The largest absolute Gasteiger partial charge is 0.459 e. The molecule has 1 aromatic heterocycles. The van der Waals surface area contributed by atoms with Crippen molar-refractivity contribution in [3.8, 4) is 0 Å². The van der Waals surface area contributed by atoms with E-state index in [1.54, 1.807) is 17.4 Å². The molecule has 4 heteroatoms. The van der Waals surface area contributed by atoms with Crippen LogP contribution in [0.2, 0.25) is 0 Å². The van der Waals surface area contributed by atoms with Gasteiger partial charge in [-0.1, -0.05) is 0 Å². The Kier molecular flexibility index (Phi) is 3.20. The number of nitrogens with zero attached hydrogens (tertiary/aromatic N) is 1. The lowest BCUT2D eigenvalue weighted by Gasteiger charge is -2.20. The predicted molar refractivity (Wildman–Crippen MR) is 71.2 cm³/mol. The number of aryl methyl sites for hydroxylation is 1. The average Bonchev–Trinajstić information content (AvgIpc) is 3.03. The highest BCUT2D eigenvalue weighted by molar-refractivity contribution is 7.09. The van der Waals surface area contributed by atoms with Gasteiger partial charge in [0.1, 0.15) is 6.10 Å². The van der Waals surface area contributed by atoms with Crippen molar-refractivity contribution < 1.29 is 9.53 Å². The van der Waals surface area contributed by atoms with Gasteiger partial charge in [0.05, 0.1) is 10.7 Å². The van der Waals surface area contributed by atoms with Crippen molar-refractivity contribution in [1.82, 2.24) is 4.98 Å². The van der Waals surface area contributed by atoms with E-state index in [0.29, 0.717) is 5.92 Å². The van der Waals surface area contributed by atoms with Gasteiger partial charge in [0.2, 0.25) is 0 Å². The summed E-state index contributed by atoms with van der Waals surface area (Å²) in [6.07, 6.45) is 8.29. The molecule has 2 saturated carbocycles. The van der Waals surface area contributed by atoms with E-state index in [1.165, 1.54) is 25.3 Å². The number of aromatic nitrogens is 1. The van der Waals surface area contributed by atoms with Crippen molar-refractivity contribution >= 4 is 23.4 Å². The van der Waals surface area contributed by atoms with Crippen LogP contribution in [0.4, 0.5) is 0 Å². The maximum atomic E-state index is 11.7. The van der Waals surface area contributed by atoms with Gasteiger partial charge in [0.15, 0.2) is 0 Å². The van der Waals surface area contributed by atoms with Crippen molar-refractivity contribution in [1.29, 1.82) is 0 Å². The minimum absolute atomic E-state index is 0.165. The second kappa shape index (κ2) is 4.84. The number of fused-ring (bicyclic) bond motifs is 2. The van der Waals surface area contributed by atoms with Gasteiger partial charge in [0.25, 0.3) is 0 Å². The molecule has 2 bridgehead atoms. The van der Waals surface area contributed by atoms with E-state index >= 15 is 0 Å². The molecule has 0 spiro atoms. The quantitative estimate of drug-likeness (QED) is 0.621. The van der Waals surface area contributed by atoms with Gasteiger partial charge in [-0.25, -0.2) is 9.78 Å². The van der Waals surface area contributed by atoms with Crippen molar-refractivity contribution in [2.24, 2.45) is 11.8 Å². The molecular formula is C14H17NO2S. The molecule has 1 aromatic rings. The highest BCUT2D eigenvalue weighted by Crippen LogP contribution is 2.45. The highest BCUT2D eigenvalue weighted by Gasteiger charge is 2.41. The Balaban J connectivity index is 1.54. The molecule has 3 atom stereocenters. The molecule has 3 unspecified atom stereocenters. The monoisotopic (exact) mass is 263 g/mol. The Morgan fingerprint density at radius 3 is 3.00 bits per heavy atom. The number of carbonyl (C=O) groups is 1. The van der Waals surface area contributed by atoms with Crippen molar-refractivity contribution in [3.05, 3.63) is 22.2 Å². The van der Waals surface area contributed by atoms with Gasteiger partial charge in [-0.3, -0.25) is 0 Å². The summed E-state index contributed by atoms with van der Waals surface area (Å²) in [4.78, 5) is 16.0. The summed E-state index contributed by atoms with van der Waals surface area (Å²) in [5.74, 6) is 1.20. The normalized spacial score (nSPS) is 30.2. The Bertz CT molecular complexity index is 480. The van der Waals surface area contributed by atoms with Crippen LogP contribution in [-0.4, -0.2) is 17.1 Å². The molecule has 0 aliphatic heterocycles. The molecule has 96 valence electrons. The summed E-state index contributed by atoms with van der Waals surface area (Å²) in [6, 6.07) is 0. The van der Waals surface area contributed by atoms with Crippen LogP contribution in [-0.2, 0) is 9.53 Å². The van der Waals surface area contributed by atoms with E-state index in [4.69, 9.17) is 4.74 Å². The predicted octanol–water partition coefficient (Wildman–Crippen LogP) is 3.20. The molecule has 1 heterocycles. The second-order valence-electron chi connectivity index (χ2n) is 5.27. The van der Waals surface area contributed by atoms with Gasteiger partial charge in [-0.15, -0.1) is 11.3 Å². The summed E-state index contributed by atoms with van der Waals surface area (Å²) >= 11 is 1.58.